The molecule has 0 radical (unpaired) electrons. The van der Waals surface area contributed by atoms with Gasteiger partial charge in [-0.1, -0.05) is 47.9 Å². The maximum Gasteiger partial charge on any atom is 0.232 e. The smallest absolute Gasteiger partial charge is 0.232 e. The van der Waals surface area contributed by atoms with Crippen LogP contribution in [0.2, 0.25) is 0 Å². The first kappa shape index (κ1) is 14.7. The number of rotatable bonds is 1. The zero-order valence-electron chi connectivity index (χ0n) is 12.6. The number of hydrogen-bond donors (Lipinski definition) is 1. The Kier molecular flexibility index (Phi) is 3.45. The lowest BCUT2D eigenvalue weighted by Gasteiger charge is -2.32. The largest absolute Gasteiger partial charge is 0.339 e. The van der Waals surface area contributed by atoms with Gasteiger partial charge in [0.2, 0.25) is 5.89 Å². The fraction of sp³-hybridized carbons (Fsp3) is 0.500. The van der Waals surface area contributed by atoms with Crippen LogP contribution in [0.4, 0.5) is 0 Å². The lowest BCUT2D eigenvalue weighted by atomic mass is 9.78. The average Bonchev–Trinajstić information content (AvgIpc) is 2.89. The highest BCUT2D eigenvalue weighted by molar-refractivity contribution is 9.10. The summed E-state index contributed by atoms with van der Waals surface area (Å²) in [5, 5.41) is 4.15. The summed E-state index contributed by atoms with van der Waals surface area (Å²) >= 11 is 3.52. The summed E-state index contributed by atoms with van der Waals surface area (Å²) in [6.07, 6.45) is 2.52. The molecule has 1 aliphatic rings. The molecule has 0 spiro atoms. The van der Waals surface area contributed by atoms with E-state index in [9.17, 15) is 0 Å². The minimum Gasteiger partial charge on any atom is -0.339 e. The highest BCUT2D eigenvalue weighted by Gasteiger charge is 2.37. The second-order valence-corrected chi connectivity index (χ2v) is 7.83. The first-order valence-electron chi connectivity index (χ1n) is 7.19. The fourth-order valence-electron chi connectivity index (χ4n) is 2.71. The zero-order chi connectivity index (χ0) is 15.3. The van der Waals surface area contributed by atoms with Gasteiger partial charge in [0.1, 0.15) is 0 Å². The maximum atomic E-state index is 6.59. The van der Waals surface area contributed by atoms with Gasteiger partial charge in [0.25, 0.3) is 0 Å². The number of aromatic nitrogens is 2. The van der Waals surface area contributed by atoms with Crippen LogP contribution in [0.3, 0.4) is 0 Å². The molecule has 1 aliphatic carbocycles. The number of benzene rings is 1. The first-order chi connectivity index (χ1) is 9.78. The van der Waals surface area contributed by atoms with Crippen LogP contribution < -0.4 is 5.73 Å². The average molecular weight is 350 g/mol. The van der Waals surface area contributed by atoms with Gasteiger partial charge in [0.15, 0.2) is 5.82 Å². The lowest BCUT2D eigenvalue weighted by Crippen LogP contribution is -2.43. The van der Waals surface area contributed by atoms with Crippen molar-refractivity contribution in [2.45, 2.75) is 51.0 Å². The van der Waals surface area contributed by atoms with Crippen LogP contribution in [0, 0.1) is 0 Å². The predicted molar refractivity (Wildman–Crippen MR) is 85.0 cm³/mol. The zero-order valence-corrected chi connectivity index (χ0v) is 14.2. The van der Waals surface area contributed by atoms with Gasteiger partial charge in [-0.05, 0) is 42.5 Å². The highest BCUT2D eigenvalue weighted by Crippen LogP contribution is 2.35. The quantitative estimate of drug-likeness (QED) is 0.855. The molecule has 1 atom stereocenters. The molecule has 0 amide bonds. The molecule has 4 nitrogen and oxygen atoms in total. The number of aryl methyl sites for hydroxylation is 1. The lowest BCUT2D eigenvalue weighted by molar-refractivity contribution is 0.301. The summed E-state index contributed by atoms with van der Waals surface area (Å²) in [5.41, 5.74) is 8.53. The van der Waals surface area contributed by atoms with Crippen molar-refractivity contribution in [1.82, 2.24) is 10.1 Å². The van der Waals surface area contributed by atoms with Crippen LogP contribution in [-0.4, -0.2) is 10.1 Å². The summed E-state index contributed by atoms with van der Waals surface area (Å²) in [5.74, 6) is 1.27. The highest BCUT2D eigenvalue weighted by atomic mass is 79.9. The van der Waals surface area contributed by atoms with Gasteiger partial charge >= 0.3 is 0 Å². The van der Waals surface area contributed by atoms with Gasteiger partial charge in [-0.2, -0.15) is 4.98 Å². The van der Waals surface area contributed by atoms with Crippen LogP contribution >= 0.6 is 15.9 Å². The van der Waals surface area contributed by atoms with E-state index in [4.69, 9.17) is 10.3 Å². The van der Waals surface area contributed by atoms with Crippen LogP contribution in [0.5, 0.6) is 0 Å². The van der Waals surface area contributed by atoms with Gasteiger partial charge in [-0.3, -0.25) is 0 Å². The maximum absolute atomic E-state index is 6.59. The van der Waals surface area contributed by atoms with E-state index in [1.807, 2.05) is 0 Å². The Labute approximate surface area is 133 Å². The summed E-state index contributed by atoms with van der Waals surface area (Å²) in [4.78, 5) is 4.56. The normalized spacial score (nSPS) is 22.1. The van der Waals surface area contributed by atoms with Crippen LogP contribution in [0.15, 0.2) is 27.2 Å². The van der Waals surface area contributed by atoms with Gasteiger partial charge < -0.3 is 10.3 Å². The minimum atomic E-state index is -0.534. The molecule has 0 saturated carbocycles. The molecule has 1 aromatic carbocycles. The van der Waals surface area contributed by atoms with Crippen LogP contribution in [0.25, 0.3) is 0 Å². The van der Waals surface area contributed by atoms with Crippen molar-refractivity contribution in [1.29, 1.82) is 0 Å². The number of hydrogen-bond acceptors (Lipinski definition) is 4. The Morgan fingerprint density at radius 3 is 2.71 bits per heavy atom. The third kappa shape index (κ3) is 2.77. The third-order valence-electron chi connectivity index (χ3n) is 4.03. The first-order valence-corrected chi connectivity index (χ1v) is 7.98. The Balaban J connectivity index is 1.92. The number of nitrogens with zero attached hydrogens (tertiary/aromatic N) is 2. The van der Waals surface area contributed by atoms with Gasteiger partial charge in [0, 0.05) is 9.89 Å². The Hall–Kier alpha value is -1.20. The van der Waals surface area contributed by atoms with E-state index in [2.05, 4.69) is 65.0 Å². The molecule has 3 rings (SSSR count). The van der Waals surface area contributed by atoms with E-state index in [1.165, 1.54) is 11.1 Å². The molecule has 0 saturated heterocycles. The molecule has 2 aromatic rings. The Morgan fingerprint density at radius 1 is 1.29 bits per heavy atom. The molecule has 21 heavy (non-hydrogen) atoms. The van der Waals surface area contributed by atoms with Crippen molar-refractivity contribution in [3.8, 4) is 0 Å². The molecule has 1 unspecified atom stereocenters. The van der Waals surface area contributed by atoms with Crippen molar-refractivity contribution >= 4 is 15.9 Å². The van der Waals surface area contributed by atoms with Gasteiger partial charge in [-0.25, -0.2) is 0 Å². The Bertz CT molecular complexity index is 674. The van der Waals surface area contributed by atoms with Crippen LogP contribution in [-0.2, 0) is 23.8 Å². The standard InChI is InChI=1S/C16H20BrN3O/c1-15(2,3)14-19-13(20-21-14)16(18)7-6-10-8-12(17)5-4-11(10)9-16/h4-5,8H,6-7,9,18H2,1-3H3. The second-order valence-electron chi connectivity index (χ2n) is 6.92. The summed E-state index contributed by atoms with van der Waals surface area (Å²) in [6.45, 7) is 6.17. The van der Waals surface area contributed by atoms with Gasteiger partial charge in [0.05, 0.1) is 5.54 Å². The molecule has 2 N–H and O–H groups in total. The van der Waals surface area contributed by atoms with Crippen molar-refractivity contribution in [2.75, 3.05) is 0 Å². The molecular weight excluding hydrogens is 330 g/mol. The summed E-state index contributed by atoms with van der Waals surface area (Å²) < 4.78 is 6.52. The third-order valence-corrected chi connectivity index (χ3v) is 4.52. The van der Waals surface area contributed by atoms with E-state index in [1.54, 1.807) is 0 Å². The summed E-state index contributed by atoms with van der Waals surface area (Å²) in [7, 11) is 0. The number of nitrogens with two attached hydrogens (primary N) is 1. The van der Waals surface area contributed by atoms with Crippen molar-refractivity contribution in [3.63, 3.8) is 0 Å². The minimum absolute atomic E-state index is 0.154. The number of fused-ring (bicyclic) bond motifs is 1. The molecule has 0 aliphatic heterocycles. The Morgan fingerprint density at radius 2 is 2.05 bits per heavy atom. The second kappa shape index (κ2) is 4.92. The monoisotopic (exact) mass is 349 g/mol. The molecule has 1 heterocycles. The van der Waals surface area contributed by atoms with E-state index in [0.29, 0.717) is 11.7 Å². The molecule has 0 bridgehead atoms. The molecule has 112 valence electrons. The number of halogens is 1. The van der Waals surface area contributed by atoms with E-state index >= 15 is 0 Å². The SMILES string of the molecule is CC(C)(C)c1nc(C2(N)CCc3cc(Br)ccc3C2)no1. The molecule has 1 aromatic heterocycles. The van der Waals surface area contributed by atoms with Crippen molar-refractivity contribution in [2.24, 2.45) is 5.73 Å². The van der Waals surface area contributed by atoms with Crippen molar-refractivity contribution < 1.29 is 4.52 Å². The topological polar surface area (TPSA) is 64.9 Å². The molecule has 0 fully saturated rings. The van der Waals surface area contributed by atoms with E-state index < -0.39 is 5.54 Å². The molecule has 5 heteroatoms. The van der Waals surface area contributed by atoms with Gasteiger partial charge in [-0.15, -0.1) is 0 Å². The van der Waals surface area contributed by atoms with Crippen LogP contribution in [0.1, 0.15) is 50.0 Å². The predicted octanol–water partition coefficient (Wildman–Crippen LogP) is 3.47. The van der Waals surface area contributed by atoms with E-state index in [0.717, 1.165) is 23.7 Å². The fourth-order valence-corrected chi connectivity index (χ4v) is 3.12. The van der Waals surface area contributed by atoms with Crippen molar-refractivity contribution in [3.05, 3.63) is 45.5 Å². The summed E-state index contributed by atoms with van der Waals surface area (Å²) in [6, 6.07) is 6.36. The van der Waals surface area contributed by atoms with E-state index in [-0.39, 0.29) is 5.41 Å². The molecular formula is C16H20BrN3O.